The first-order valence-corrected chi connectivity index (χ1v) is 10.7. The first kappa shape index (κ1) is 18.1. The molecule has 3 saturated heterocycles. The summed E-state index contributed by atoms with van der Waals surface area (Å²) in [6, 6.07) is 20.7. The predicted molar refractivity (Wildman–Crippen MR) is 116 cm³/mol. The molecule has 150 valence electrons. The zero-order chi connectivity index (χ0) is 20.4. The Morgan fingerprint density at radius 1 is 0.767 bits per heavy atom. The van der Waals surface area contributed by atoms with E-state index in [0.29, 0.717) is 10.7 Å². The Balaban J connectivity index is 1.48. The molecule has 0 saturated carbocycles. The molecule has 3 aromatic rings. The van der Waals surface area contributed by atoms with Crippen molar-refractivity contribution in [2.45, 2.75) is 18.5 Å². The molecule has 6 heteroatoms. The molecule has 0 aliphatic carbocycles. The number of anilines is 1. The lowest BCUT2D eigenvalue weighted by Gasteiger charge is -2.30. The van der Waals surface area contributed by atoms with Crippen molar-refractivity contribution in [3.8, 4) is 0 Å². The molecule has 0 unspecified atom stereocenters. The molecule has 5 nitrogen and oxygen atoms in total. The van der Waals surface area contributed by atoms with Crippen molar-refractivity contribution in [1.29, 1.82) is 0 Å². The number of carbonyl (C=O) groups is 2. The maximum Gasteiger partial charge on any atom is 0.253 e. The zero-order valence-electron chi connectivity index (χ0n) is 16.2. The first-order valence-electron chi connectivity index (χ1n) is 10.3. The highest BCUT2D eigenvalue weighted by Gasteiger charge is 2.62. The second-order valence-corrected chi connectivity index (χ2v) is 8.59. The minimum atomic E-state index is -0.445. The summed E-state index contributed by atoms with van der Waals surface area (Å²) < 4.78 is 0. The van der Waals surface area contributed by atoms with Crippen LogP contribution in [0.1, 0.15) is 18.0 Å². The summed E-state index contributed by atoms with van der Waals surface area (Å²) in [6.07, 6.45) is 0.989. The van der Waals surface area contributed by atoms with Gasteiger partial charge in [-0.3, -0.25) is 9.59 Å². The Kier molecular flexibility index (Phi) is 4.00. The molecule has 0 bridgehead atoms. The average molecular weight is 418 g/mol. The highest BCUT2D eigenvalue weighted by atomic mass is 35.5. The van der Waals surface area contributed by atoms with Crippen molar-refractivity contribution in [2.75, 3.05) is 18.0 Å². The third-order valence-corrected chi connectivity index (χ3v) is 6.88. The second-order valence-electron chi connectivity index (χ2n) is 8.16. The van der Waals surface area contributed by atoms with Gasteiger partial charge in [0.15, 0.2) is 0 Å². The van der Waals surface area contributed by atoms with E-state index in [2.05, 4.69) is 10.0 Å². The lowest BCUT2D eigenvalue weighted by atomic mass is 9.90. The summed E-state index contributed by atoms with van der Waals surface area (Å²) in [7, 11) is 0. The van der Waals surface area contributed by atoms with Crippen LogP contribution in [-0.4, -0.2) is 41.0 Å². The number of nitrogens with zero attached hydrogens (tertiary/aromatic N) is 3. The maximum absolute atomic E-state index is 13.7. The molecule has 3 aromatic carbocycles. The Hall–Kier alpha value is -2.73. The quantitative estimate of drug-likeness (QED) is 0.590. The molecular formula is C24H20ClN3O2. The number of hydrogen-bond acceptors (Lipinski definition) is 4. The highest BCUT2D eigenvalue weighted by molar-refractivity contribution is 6.30. The van der Waals surface area contributed by atoms with E-state index in [1.165, 1.54) is 4.90 Å². The number of benzene rings is 3. The van der Waals surface area contributed by atoms with Gasteiger partial charge in [0.1, 0.15) is 6.04 Å². The van der Waals surface area contributed by atoms with E-state index in [-0.39, 0.29) is 17.9 Å². The Morgan fingerprint density at radius 2 is 1.47 bits per heavy atom. The van der Waals surface area contributed by atoms with Gasteiger partial charge >= 0.3 is 0 Å². The standard InChI is InChI=1S/C24H20ClN3O2/c25-17-11-9-16(10-12-17)21-20-22(27-14-4-13-26(21)27)24(30)28(23(20)29)19-8-3-6-15-5-1-2-7-18(15)19/h1-3,5-12,20-22H,4,13-14H2/t20-,21+,22-/m1/s1. The van der Waals surface area contributed by atoms with Crippen molar-refractivity contribution in [3.05, 3.63) is 77.3 Å². The van der Waals surface area contributed by atoms with Gasteiger partial charge in [0, 0.05) is 23.5 Å². The second kappa shape index (κ2) is 6.64. The molecule has 3 atom stereocenters. The Bertz CT molecular complexity index is 1170. The van der Waals surface area contributed by atoms with Crippen LogP contribution < -0.4 is 4.90 Å². The molecule has 0 radical (unpaired) electrons. The number of rotatable bonds is 2. The van der Waals surface area contributed by atoms with Crippen molar-refractivity contribution >= 4 is 39.9 Å². The number of hydrazine groups is 1. The summed E-state index contributed by atoms with van der Waals surface area (Å²) in [6.45, 7) is 1.66. The lowest BCUT2D eigenvalue weighted by molar-refractivity contribution is -0.126. The lowest BCUT2D eigenvalue weighted by Crippen LogP contribution is -2.44. The van der Waals surface area contributed by atoms with Crippen LogP contribution in [0.15, 0.2) is 66.7 Å². The average Bonchev–Trinajstić information content (AvgIpc) is 3.41. The number of imide groups is 1. The summed E-state index contributed by atoms with van der Waals surface area (Å²) >= 11 is 6.10. The van der Waals surface area contributed by atoms with Crippen molar-refractivity contribution in [1.82, 2.24) is 10.0 Å². The molecule has 2 amide bonds. The van der Waals surface area contributed by atoms with Crippen LogP contribution in [0.4, 0.5) is 5.69 Å². The van der Waals surface area contributed by atoms with E-state index < -0.39 is 12.0 Å². The fraction of sp³-hybridized carbons (Fsp3) is 0.250. The highest BCUT2D eigenvalue weighted by Crippen LogP contribution is 2.49. The molecule has 30 heavy (non-hydrogen) atoms. The molecule has 3 fully saturated rings. The number of hydrogen-bond donors (Lipinski definition) is 0. The van der Waals surface area contributed by atoms with Crippen molar-refractivity contribution in [2.24, 2.45) is 5.92 Å². The van der Waals surface area contributed by atoms with Crippen molar-refractivity contribution in [3.63, 3.8) is 0 Å². The van der Waals surface area contributed by atoms with Gasteiger partial charge < -0.3 is 0 Å². The zero-order valence-corrected chi connectivity index (χ0v) is 17.0. The fourth-order valence-corrected chi connectivity index (χ4v) is 5.54. The molecule has 0 N–H and O–H groups in total. The summed E-state index contributed by atoms with van der Waals surface area (Å²) in [5.74, 6) is -0.654. The van der Waals surface area contributed by atoms with Gasteiger partial charge in [-0.1, -0.05) is 60.1 Å². The fourth-order valence-electron chi connectivity index (χ4n) is 5.41. The molecule has 3 aliphatic rings. The van der Waals surface area contributed by atoms with Gasteiger partial charge in [-0.05, 0) is 35.6 Å². The summed E-state index contributed by atoms with van der Waals surface area (Å²) in [5.41, 5.74) is 1.71. The topological polar surface area (TPSA) is 43.9 Å². The molecule has 0 aromatic heterocycles. The van der Waals surface area contributed by atoms with E-state index in [4.69, 9.17) is 11.6 Å². The minimum absolute atomic E-state index is 0.115. The first-order chi connectivity index (χ1) is 14.6. The predicted octanol–water partition coefficient (Wildman–Crippen LogP) is 4.03. The van der Waals surface area contributed by atoms with E-state index in [1.54, 1.807) is 0 Å². The summed E-state index contributed by atoms with van der Waals surface area (Å²) in [4.78, 5) is 28.8. The summed E-state index contributed by atoms with van der Waals surface area (Å²) in [5, 5.41) is 6.94. The third-order valence-electron chi connectivity index (χ3n) is 6.62. The SMILES string of the molecule is O=C1[C@H]2[C@H](C(=O)N1c1cccc3ccccc13)N1CCCN1[C@H]2c1ccc(Cl)cc1. The third kappa shape index (κ3) is 2.43. The number of carbonyl (C=O) groups excluding carboxylic acids is 2. The molecular weight excluding hydrogens is 398 g/mol. The van der Waals surface area contributed by atoms with E-state index >= 15 is 0 Å². The molecule has 6 rings (SSSR count). The van der Waals surface area contributed by atoms with Crippen LogP contribution >= 0.6 is 11.6 Å². The Labute approximate surface area is 179 Å². The largest absolute Gasteiger partial charge is 0.274 e. The monoisotopic (exact) mass is 417 g/mol. The number of fused-ring (bicyclic) bond motifs is 4. The van der Waals surface area contributed by atoms with E-state index in [9.17, 15) is 9.59 Å². The molecule has 0 spiro atoms. The van der Waals surface area contributed by atoms with Gasteiger partial charge in [0.25, 0.3) is 5.91 Å². The van der Waals surface area contributed by atoms with Gasteiger partial charge in [-0.25, -0.2) is 14.9 Å². The Morgan fingerprint density at radius 3 is 2.27 bits per heavy atom. The maximum atomic E-state index is 13.7. The minimum Gasteiger partial charge on any atom is -0.274 e. The van der Waals surface area contributed by atoms with E-state index in [0.717, 1.165) is 35.8 Å². The van der Waals surface area contributed by atoms with Crippen LogP contribution in [0.3, 0.4) is 0 Å². The van der Waals surface area contributed by atoms with Gasteiger partial charge in [0.05, 0.1) is 17.6 Å². The van der Waals surface area contributed by atoms with Gasteiger partial charge in [0.2, 0.25) is 5.91 Å². The normalized spacial score (nSPS) is 26.6. The smallest absolute Gasteiger partial charge is 0.253 e. The van der Waals surface area contributed by atoms with Crippen LogP contribution in [0.25, 0.3) is 10.8 Å². The number of halogens is 1. The van der Waals surface area contributed by atoms with Crippen LogP contribution in [0, 0.1) is 5.92 Å². The van der Waals surface area contributed by atoms with Gasteiger partial charge in [-0.2, -0.15) is 0 Å². The molecule has 3 aliphatic heterocycles. The van der Waals surface area contributed by atoms with Crippen LogP contribution in [-0.2, 0) is 9.59 Å². The van der Waals surface area contributed by atoms with E-state index in [1.807, 2.05) is 66.7 Å². The van der Waals surface area contributed by atoms with Crippen molar-refractivity contribution < 1.29 is 9.59 Å². The van der Waals surface area contributed by atoms with Gasteiger partial charge in [-0.15, -0.1) is 0 Å². The van der Waals surface area contributed by atoms with Crippen LogP contribution in [0.5, 0.6) is 0 Å². The number of amides is 2. The molecule has 3 heterocycles. The van der Waals surface area contributed by atoms with Crippen LogP contribution in [0.2, 0.25) is 5.02 Å².